The summed E-state index contributed by atoms with van der Waals surface area (Å²) in [7, 11) is 1.98. The first kappa shape index (κ1) is 15.3. The van der Waals surface area contributed by atoms with Crippen molar-refractivity contribution in [3.8, 4) is 0 Å². The topological polar surface area (TPSA) is 50.3 Å². The van der Waals surface area contributed by atoms with Crippen LogP contribution in [0.15, 0.2) is 0 Å². The zero-order valence-corrected chi connectivity index (χ0v) is 13.8. The highest BCUT2D eigenvalue weighted by Gasteiger charge is 2.30. The third kappa shape index (κ3) is 3.26. The van der Waals surface area contributed by atoms with Gasteiger partial charge in [0.25, 0.3) is 0 Å². The normalized spacial score (nSPS) is 25.8. The van der Waals surface area contributed by atoms with Gasteiger partial charge in [-0.2, -0.15) is 5.10 Å². The van der Waals surface area contributed by atoms with Crippen molar-refractivity contribution >= 4 is 11.6 Å². The van der Waals surface area contributed by atoms with Gasteiger partial charge >= 0.3 is 0 Å². The summed E-state index contributed by atoms with van der Waals surface area (Å²) in [5.41, 5.74) is 8.06. The molecule has 3 heterocycles. The lowest BCUT2D eigenvalue weighted by atomic mass is 10.0. The van der Waals surface area contributed by atoms with E-state index < -0.39 is 0 Å². The Balaban J connectivity index is 1.57. The molecule has 0 saturated carbocycles. The smallest absolute Gasteiger partial charge is 0.0860 e. The summed E-state index contributed by atoms with van der Waals surface area (Å²) >= 11 is 6.36. The zero-order chi connectivity index (χ0) is 15.0. The molecule has 118 valence electrons. The molecule has 1 aromatic rings. The van der Waals surface area contributed by atoms with E-state index in [-0.39, 0.29) is 0 Å². The summed E-state index contributed by atoms with van der Waals surface area (Å²) in [5.74, 6) is 0. The number of aromatic nitrogens is 2. The largest absolute Gasteiger partial charge is 0.328 e. The Morgan fingerprint density at radius 1 is 1.24 bits per heavy atom. The first-order valence-corrected chi connectivity index (χ1v) is 8.32. The van der Waals surface area contributed by atoms with E-state index in [0.29, 0.717) is 12.1 Å². The van der Waals surface area contributed by atoms with Crippen molar-refractivity contribution in [2.75, 3.05) is 26.2 Å². The molecular weight excluding hydrogens is 286 g/mol. The summed E-state index contributed by atoms with van der Waals surface area (Å²) < 4.78 is 1.92. The molecule has 2 aliphatic rings. The summed E-state index contributed by atoms with van der Waals surface area (Å²) in [6.45, 7) is 7.47. The highest BCUT2D eigenvalue weighted by atomic mass is 35.5. The molecule has 0 aliphatic carbocycles. The Hall–Kier alpha value is -0.620. The van der Waals surface area contributed by atoms with E-state index >= 15 is 0 Å². The van der Waals surface area contributed by atoms with Gasteiger partial charge in [0, 0.05) is 38.8 Å². The molecule has 2 saturated heterocycles. The van der Waals surface area contributed by atoms with E-state index in [2.05, 4.69) is 14.9 Å². The van der Waals surface area contributed by atoms with E-state index in [0.717, 1.165) is 62.0 Å². The lowest BCUT2D eigenvalue weighted by molar-refractivity contribution is 0.151. The van der Waals surface area contributed by atoms with E-state index in [4.69, 9.17) is 17.3 Å². The number of nitrogens with zero attached hydrogens (tertiary/aromatic N) is 4. The lowest BCUT2D eigenvalue weighted by Gasteiger charge is -2.34. The lowest BCUT2D eigenvalue weighted by Crippen LogP contribution is -2.46. The van der Waals surface area contributed by atoms with E-state index in [1.165, 1.54) is 6.42 Å². The van der Waals surface area contributed by atoms with E-state index in [1.807, 2.05) is 18.7 Å². The van der Waals surface area contributed by atoms with Gasteiger partial charge in [-0.15, -0.1) is 0 Å². The fourth-order valence-corrected chi connectivity index (χ4v) is 3.82. The molecule has 2 fully saturated rings. The maximum absolute atomic E-state index is 6.36. The van der Waals surface area contributed by atoms with Crippen LogP contribution in [0.25, 0.3) is 0 Å². The van der Waals surface area contributed by atoms with Gasteiger partial charge in [-0.25, -0.2) is 0 Å². The molecule has 0 radical (unpaired) electrons. The van der Waals surface area contributed by atoms with Crippen LogP contribution in [0.2, 0.25) is 5.02 Å². The van der Waals surface area contributed by atoms with Gasteiger partial charge in [0.1, 0.15) is 0 Å². The van der Waals surface area contributed by atoms with Crippen LogP contribution >= 0.6 is 11.6 Å². The van der Waals surface area contributed by atoms with E-state index in [9.17, 15) is 0 Å². The quantitative estimate of drug-likeness (QED) is 0.916. The van der Waals surface area contributed by atoms with Crippen LogP contribution in [0.4, 0.5) is 0 Å². The molecule has 3 rings (SSSR count). The first-order valence-electron chi connectivity index (χ1n) is 7.94. The number of piperidine rings is 1. The van der Waals surface area contributed by atoms with Gasteiger partial charge in [-0.3, -0.25) is 14.5 Å². The molecule has 1 unspecified atom stereocenters. The molecule has 21 heavy (non-hydrogen) atoms. The van der Waals surface area contributed by atoms with Crippen LogP contribution in [0.3, 0.4) is 0 Å². The van der Waals surface area contributed by atoms with Crippen molar-refractivity contribution in [3.63, 3.8) is 0 Å². The Morgan fingerprint density at radius 3 is 2.57 bits per heavy atom. The fraction of sp³-hybridized carbons (Fsp3) is 0.800. The van der Waals surface area contributed by atoms with Gasteiger partial charge < -0.3 is 5.73 Å². The minimum absolute atomic E-state index is 0.412. The van der Waals surface area contributed by atoms with Crippen LogP contribution < -0.4 is 5.73 Å². The fourth-order valence-electron chi connectivity index (χ4n) is 3.60. The molecule has 0 bridgehead atoms. The predicted octanol–water partition coefficient (Wildman–Crippen LogP) is 1.38. The Labute approximate surface area is 132 Å². The number of nitrogens with two attached hydrogens (primary N) is 1. The van der Waals surface area contributed by atoms with Gasteiger partial charge in [-0.1, -0.05) is 11.6 Å². The third-order valence-electron chi connectivity index (χ3n) is 4.97. The van der Waals surface area contributed by atoms with Crippen LogP contribution in [0, 0.1) is 6.92 Å². The molecule has 2 aliphatic heterocycles. The second-order valence-electron chi connectivity index (χ2n) is 6.52. The van der Waals surface area contributed by atoms with Gasteiger partial charge in [0.05, 0.1) is 16.4 Å². The molecule has 1 atom stereocenters. The maximum Gasteiger partial charge on any atom is 0.0860 e. The number of likely N-dealkylation sites (tertiary alicyclic amines) is 2. The summed E-state index contributed by atoms with van der Waals surface area (Å²) in [6, 6.07) is 1.10. The number of hydrogen-bond donors (Lipinski definition) is 1. The third-order valence-corrected chi connectivity index (χ3v) is 5.46. The number of hydrogen-bond acceptors (Lipinski definition) is 4. The molecule has 1 aromatic heterocycles. The van der Waals surface area contributed by atoms with Gasteiger partial charge in [-0.05, 0) is 39.3 Å². The van der Waals surface area contributed by atoms with Crippen molar-refractivity contribution in [3.05, 3.63) is 16.4 Å². The monoisotopic (exact) mass is 311 g/mol. The Bertz CT molecular complexity index is 492. The number of aryl methyl sites for hydroxylation is 2. The van der Waals surface area contributed by atoms with Crippen molar-refractivity contribution in [2.45, 2.75) is 44.8 Å². The van der Waals surface area contributed by atoms with Crippen molar-refractivity contribution in [1.82, 2.24) is 19.6 Å². The molecule has 5 nitrogen and oxygen atoms in total. The van der Waals surface area contributed by atoms with Crippen LogP contribution in [-0.4, -0.2) is 57.8 Å². The first-order chi connectivity index (χ1) is 10.0. The van der Waals surface area contributed by atoms with Crippen molar-refractivity contribution < 1.29 is 0 Å². The van der Waals surface area contributed by atoms with Crippen LogP contribution in [0.1, 0.15) is 30.7 Å². The minimum Gasteiger partial charge on any atom is -0.328 e. The second kappa shape index (κ2) is 6.24. The SMILES string of the molecule is Cc1nn(C)c(CN2CCC(N3CCC(N)CC3)C2)c1Cl. The predicted molar refractivity (Wildman–Crippen MR) is 85.4 cm³/mol. The minimum atomic E-state index is 0.412. The van der Waals surface area contributed by atoms with Gasteiger partial charge in [0.15, 0.2) is 0 Å². The zero-order valence-electron chi connectivity index (χ0n) is 13.1. The molecule has 0 amide bonds. The summed E-state index contributed by atoms with van der Waals surface area (Å²) in [5, 5.41) is 5.23. The standard InChI is InChI=1S/C15H26ClN5/c1-11-15(16)14(19(2)18-11)10-20-6-5-13(9-20)21-7-3-12(17)4-8-21/h12-13H,3-10,17H2,1-2H3. The average molecular weight is 312 g/mol. The molecule has 0 aromatic carbocycles. The van der Waals surface area contributed by atoms with Crippen LogP contribution in [-0.2, 0) is 13.6 Å². The Kier molecular flexibility index (Phi) is 4.54. The number of rotatable bonds is 3. The molecular formula is C15H26ClN5. The number of halogens is 1. The summed E-state index contributed by atoms with van der Waals surface area (Å²) in [4.78, 5) is 5.13. The van der Waals surface area contributed by atoms with E-state index in [1.54, 1.807) is 0 Å². The van der Waals surface area contributed by atoms with Crippen molar-refractivity contribution in [2.24, 2.45) is 12.8 Å². The molecule has 2 N–H and O–H groups in total. The molecule has 0 spiro atoms. The van der Waals surface area contributed by atoms with Crippen molar-refractivity contribution in [1.29, 1.82) is 0 Å². The summed E-state index contributed by atoms with van der Waals surface area (Å²) in [6.07, 6.45) is 3.54. The highest BCUT2D eigenvalue weighted by Crippen LogP contribution is 2.25. The van der Waals surface area contributed by atoms with Crippen LogP contribution in [0.5, 0.6) is 0 Å². The molecule has 6 heteroatoms. The second-order valence-corrected chi connectivity index (χ2v) is 6.90. The highest BCUT2D eigenvalue weighted by molar-refractivity contribution is 6.31. The maximum atomic E-state index is 6.36. The average Bonchev–Trinajstić information content (AvgIpc) is 3.01. The Morgan fingerprint density at radius 2 is 1.95 bits per heavy atom. The van der Waals surface area contributed by atoms with Gasteiger partial charge in [0.2, 0.25) is 0 Å².